The first-order valence-electron chi connectivity index (χ1n) is 5.00. The van der Waals surface area contributed by atoms with Gasteiger partial charge in [0.1, 0.15) is 0 Å². The summed E-state index contributed by atoms with van der Waals surface area (Å²) in [5.74, 6) is 5.28. The van der Waals surface area contributed by atoms with Gasteiger partial charge in [0.2, 0.25) is 5.78 Å². The minimum atomic E-state index is -0.209. The van der Waals surface area contributed by atoms with Gasteiger partial charge >= 0.3 is 0 Å². The second-order valence-electron chi connectivity index (χ2n) is 4.52. The number of hydrogen-bond donors (Lipinski definition) is 0. The minimum absolute atomic E-state index is 0.178. The quantitative estimate of drug-likeness (QED) is 0.407. The van der Waals surface area contributed by atoms with Crippen molar-refractivity contribution < 1.29 is 4.79 Å². The van der Waals surface area contributed by atoms with E-state index in [0.717, 1.165) is 0 Å². The van der Waals surface area contributed by atoms with Crippen LogP contribution >= 0.6 is 0 Å². The smallest absolute Gasteiger partial charge is 0.235 e. The lowest BCUT2D eigenvalue weighted by molar-refractivity contribution is 0.105. The Balaban J connectivity index is 2.89. The van der Waals surface area contributed by atoms with E-state index >= 15 is 0 Å². The van der Waals surface area contributed by atoms with Crippen LogP contribution in [0, 0.1) is 28.6 Å². The van der Waals surface area contributed by atoms with E-state index in [1.807, 2.05) is 26.8 Å². The van der Waals surface area contributed by atoms with Crippen LogP contribution in [0.2, 0.25) is 0 Å². The van der Waals surface area contributed by atoms with Gasteiger partial charge in [-0.05, 0) is 51.0 Å². The summed E-state index contributed by atoms with van der Waals surface area (Å²) >= 11 is 0. The normalized spacial score (nSPS) is 9.88. The van der Waals surface area contributed by atoms with E-state index in [-0.39, 0.29) is 11.2 Å². The van der Waals surface area contributed by atoms with Gasteiger partial charge in [-0.25, -0.2) is 0 Å². The second-order valence-corrected chi connectivity index (χ2v) is 4.52. The minimum Gasteiger partial charge on any atom is -0.279 e. The molecule has 80 valence electrons. The molecule has 0 amide bonds. The molecular weight excluding hydrogens is 198 g/mol. The van der Waals surface area contributed by atoms with Crippen LogP contribution in [0.15, 0.2) is 24.3 Å². The Kier molecular flexibility index (Phi) is 3.48. The average molecular weight is 211 g/mol. The van der Waals surface area contributed by atoms with Crippen molar-refractivity contribution in [1.82, 2.24) is 0 Å². The largest absolute Gasteiger partial charge is 0.279 e. The fraction of sp³-hybridized carbons (Fsp3) is 0.286. The van der Waals surface area contributed by atoms with Crippen LogP contribution in [0.25, 0.3) is 0 Å². The molecule has 1 aromatic carbocycles. The average Bonchev–Trinajstić information content (AvgIpc) is 2.25. The highest BCUT2D eigenvalue weighted by atomic mass is 16.1. The van der Waals surface area contributed by atoms with Gasteiger partial charge in [-0.15, -0.1) is 0 Å². The highest BCUT2D eigenvalue weighted by Crippen LogP contribution is 2.10. The number of hydrogen-bond acceptors (Lipinski definition) is 2. The lowest BCUT2D eigenvalue weighted by Crippen LogP contribution is -2.02. The highest BCUT2D eigenvalue weighted by Gasteiger charge is 2.06. The molecule has 1 aromatic rings. The predicted octanol–water partition coefficient (Wildman–Crippen LogP) is 2.79. The monoisotopic (exact) mass is 211 g/mol. The Morgan fingerprint density at radius 3 is 2.19 bits per heavy atom. The third kappa shape index (κ3) is 3.59. The Morgan fingerprint density at radius 2 is 1.75 bits per heavy atom. The molecule has 1 rings (SSSR count). The van der Waals surface area contributed by atoms with Crippen molar-refractivity contribution in [2.24, 2.45) is 5.41 Å². The topological polar surface area (TPSA) is 40.9 Å². The van der Waals surface area contributed by atoms with Gasteiger partial charge in [-0.3, -0.25) is 4.79 Å². The molecule has 2 heteroatoms. The van der Waals surface area contributed by atoms with Crippen molar-refractivity contribution in [1.29, 1.82) is 5.26 Å². The van der Waals surface area contributed by atoms with E-state index < -0.39 is 0 Å². The van der Waals surface area contributed by atoms with E-state index in [0.29, 0.717) is 11.1 Å². The molecule has 0 aliphatic heterocycles. The lowest BCUT2D eigenvalue weighted by atomic mass is 9.97. The Labute approximate surface area is 95.9 Å². The van der Waals surface area contributed by atoms with Crippen molar-refractivity contribution in [2.75, 3.05) is 0 Å². The van der Waals surface area contributed by atoms with Gasteiger partial charge in [-0.1, -0.05) is 5.92 Å². The fourth-order valence-corrected chi connectivity index (χ4v) is 1.01. The zero-order valence-electron chi connectivity index (χ0n) is 9.66. The maximum atomic E-state index is 11.6. The summed E-state index contributed by atoms with van der Waals surface area (Å²) in [7, 11) is 0. The van der Waals surface area contributed by atoms with Crippen molar-refractivity contribution in [2.45, 2.75) is 20.8 Å². The van der Waals surface area contributed by atoms with Crippen LogP contribution in [0.4, 0.5) is 0 Å². The first-order valence-corrected chi connectivity index (χ1v) is 5.00. The molecule has 0 aliphatic rings. The maximum Gasteiger partial charge on any atom is 0.235 e. The van der Waals surface area contributed by atoms with Gasteiger partial charge < -0.3 is 0 Å². The van der Waals surface area contributed by atoms with Gasteiger partial charge in [-0.2, -0.15) is 5.26 Å². The van der Waals surface area contributed by atoms with Crippen LogP contribution in [-0.2, 0) is 0 Å². The van der Waals surface area contributed by atoms with Gasteiger partial charge in [0.15, 0.2) is 0 Å². The zero-order chi connectivity index (χ0) is 12.2. The molecule has 0 unspecified atom stereocenters. The zero-order valence-corrected chi connectivity index (χ0v) is 9.66. The van der Waals surface area contributed by atoms with E-state index in [1.165, 1.54) is 0 Å². The van der Waals surface area contributed by atoms with Crippen LogP contribution in [-0.4, -0.2) is 5.78 Å². The SMILES string of the molecule is CC(C)(C)C#CC(=O)c1ccc(C#N)cc1. The van der Waals surface area contributed by atoms with E-state index in [2.05, 4.69) is 11.8 Å². The van der Waals surface area contributed by atoms with Gasteiger partial charge in [0.25, 0.3) is 0 Å². The number of benzene rings is 1. The molecule has 0 spiro atoms. The molecule has 0 saturated carbocycles. The molecule has 0 fully saturated rings. The molecule has 0 atom stereocenters. The summed E-state index contributed by atoms with van der Waals surface area (Å²) in [5.41, 5.74) is 0.887. The van der Waals surface area contributed by atoms with E-state index in [4.69, 9.17) is 5.26 Å². The molecule has 2 nitrogen and oxygen atoms in total. The van der Waals surface area contributed by atoms with Crippen molar-refractivity contribution in [3.05, 3.63) is 35.4 Å². The van der Waals surface area contributed by atoms with E-state index in [1.54, 1.807) is 24.3 Å². The van der Waals surface area contributed by atoms with Crippen molar-refractivity contribution in [3.8, 4) is 17.9 Å². The lowest BCUT2D eigenvalue weighted by Gasteiger charge is -2.06. The molecule has 0 saturated heterocycles. The molecular formula is C14H13NO. The number of nitrogens with zero attached hydrogens (tertiary/aromatic N) is 1. The molecule has 0 aliphatic carbocycles. The summed E-state index contributed by atoms with van der Waals surface area (Å²) in [6, 6.07) is 8.48. The van der Waals surface area contributed by atoms with Crippen LogP contribution < -0.4 is 0 Å². The van der Waals surface area contributed by atoms with Crippen LogP contribution in [0.5, 0.6) is 0 Å². The molecule has 0 bridgehead atoms. The number of carbonyl (C=O) groups is 1. The number of carbonyl (C=O) groups excluding carboxylic acids is 1. The molecule has 0 aromatic heterocycles. The first kappa shape index (κ1) is 12.0. The summed E-state index contributed by atoms with van der Waals surface area (Å²) in [4.78, 5) is 11.6. The Morgan fingerprint density at radius 1 is 1.19 bits per heavy atom. The number of rotatable bonds is 1. The number of nitriles is 1. The van der Waals surface area contributed by atoms with Crippen molar-refractivity contribution >= 4 is 5.78 Å². The third-order valence-electron chi connectivity index (χ3n) is 1.83. The fourth-order valence-electron chi connectivity index (χ4n) is 1.01. The molecule has 16 heavy (non-hydrogen) atoms. The standard InChI is InChI=1S/C14H13NO/c1-14(2,3)9-8-13(16)12-6-4-11(10-15)5-7-12/h4-7H,1-3H3. The Hall–Kier alpha value is -2.06. The summed E-state index contributed by atoms with van der Waals surface area (Å²) < 4.78 is 0. The van der Waals surface area contributed by atoms with Crippen LogP contribution in [0.1, 0.15) is 36.7 Å². The van der Waals surface area contributed by atoms with Gasteiger partial charge in [0.05, 0.1) is 11.6 Å². The predicted molar refractivity (Wildman–Crippen MR) is 62.7 cm³/mol. The molecule has 0 heterocycles. The number of ketones is 1. The highest BCUT2D eigenvalue weighted by molar-refractivity contribution is 6.09. The van der Waals surface area contributed by atoms with Gasteiger partial charge in [0, 0.05) is 11.0 Å². The van der Waals surface area contributed by atoms with Crippen molar-refractivity contribution in [3.63, 3.8) is 0 Å². The second kappa shape index (κ2) is 4.64. The molecule has 0 N–H and O–H groups in total. The van der Waals surface area contributed by atoms with E-state index in [9.17, 15) is 4.79 Å². The van der Waals surface area contributed by atoms with Crippen LogP contribution in [0.3, 0.4) is 0 Å². The summed E-state index contributed by atoms with van der Waals surface area (Å²) in [5, 5.41) is 8.61. The third-order valence-corrected chi connectivity index (χ3v) is 1.83. The maximum absolute atomic E-state index is 11.6. The summed E-state index contributed by atoms with van der Waals surface area (Å²) in [6.45, 7) is 5.85. The summed E-state index contributed by atoms with van der Waals surface area (Å²) in [6.07, 6.45) is 0. The molecule has 0 radical (unpaired) electrons. The number of Topliss-reactive ketones (excluding diaryl/α,β-unsaturated/α-hetero) is 1. The first-order chi connectivity index (χ1) is 7.42. The Bertz CT molecular complexity index is 487.